The summed E-state index contributed by atoms with van der Waals surface area (Å²) in [6.07, 6.45) is 2.23. The van der Waals surface area contributed by atoms with Gasteiger partial charge in [0.2, 0.25) is 5.82 Å². The van der Waals surface area contributed by atoms with Gasteiger partial charge in [0.25, 0.3) is 0 Å². The summed E-state index contributed by atoms with van der Waals surface area (Å²) in [6, 6.07) is 6.75. The summed E-state index contributed by atoms with van der Waals surface area (Å²) < 4.78 is 1.16. The van der Waals surface area contributed by atoms with Crippen LogP contribution < -0.4 is 0 Å². The predicted octanol–water partition coefficient (Wildman–Crippen LogP) is 1.42. The number of nitro groups is 1. The van der Waals surface area contributed by atoms with Gasteiger partial charge in [-0.05, 0) is 12.1 Å². The van der Waals surface area contributed by atoms with Gasteiger partial charge in [0.05, 0.1) is 10.4 Å². The summed E-state index contributed by atoms with van der Waals surface area (Å²) in [5.74, 6) is -1.52. The third-order valence-electron chi connectivity index (χ3n) is 2.77. The Morgan fingerprint density at radius 3 is 2.71 bits per heavy atom. The maximum Gasteiger partial charge on any atom is 0.374 e. The fourth-order valence-electron chi connectivity index (χ4n) is 1.85. The molecule has 9 nitrogen and oxygen atoms in total. The van der Waals surface area contributed by atoms with Crippen LogP contribution in [0.1, 0.15) is 10.6 Å². The molecule has 2 heterocycles. The van der Waals surface area contributed by atoms with E-state index >= 15 is 0 Å². The quantitative estimate of drug-likeness (QED) is 0.570. The number of nitrogens with zero attached hydrogens (tertiary/aromatic N) is 5. The molecular formula is C12H7N5O4. The number of carboxylic acids is 1. The van der Waals surface area contributed by atoms with E-state index in [4.69, 9.17) is 5.11 Å². The van der Waals surface area contributed by atoms with Gasteiger partial charge in [-0.1, -0.05) is 12.1 Å². The zero-order chi connectivity index (χ0) is 15.0. The zero-order valence-electron chi connectivity index (χ0n) is 10.4. The molecule has 0 fully saturated rings. The third kappa shape index (κ3) is 2.16. The van der Waals surface area contributed by atoms with Crippen LogP contribution in [0, 0.1) is 10.1 Å². The number of aromatic nitrogens is 4. The van der Waals surface area contributed by atoms with Crippen molar-refractivity contribution in [2.75, 3.05) is 0 Å². The molecule has 0 aliphatic rings. The first-order chi connectivity index (χ1) is 10.1. The molecule has 1 aromatic carbocycles. The number of hydrogen-bond acceptors (Lipinski definition) is 6. The standard InChI is InChI=1S/C12H7N5O4/c18-12(19)10-14-9-4-2-1-3-8(9)11(15-10)16-6-7(5-13-16)17(20)21/h1-6H,(H,18,19). The van der Waals surface area contributed by atoms with Gasteiger partial charge in [-0.25, -0.2) is 19.4 Å². The van der Waals surface area contributed by atoms with Crippen LogP contribution in [0.4, 0.5) is 5.69 Å². The van der Waals surface area contributed by atoms with Crippen molar-refractivity contribution in [2.24, 2.45) is 0 Å². The Morgan fingerprint density at radius 2 is 2.05 bits per heavy atom. The smallest absolute Gasteiger partial charge is 0.374 e. The maximum atomic E-state index is 11.1. The number of fused-ring (bicyclic) bond motifs is 1. The molecule has 9 heteroatoms. The van der Waals surface area contributed by atoms with E-state index in [1.807, 2.05) is 0 Å². The topological polar surface area (TPSA) is 124 Å². The number of carbonyl (C=O) groups is 1. The van der Waals surface area contributed by atoms with Gasteiger partial charge in [-0.15, -0.1) is 0 Å². The summed E-state index contributed by atoms with van der Waals surface area (Å²) in [4.78, 5) is 29.0. The lowest BCUT2D eigenvalue weighted by molar-refractivity contribution is -0.384. The van der Waals surface area contributed by atoms with E-state index in [0.29, 0.717) is 10.9 Å². The third-order valence-corrected chi connectivity index (χ3v) is 2.77. The molecular weight excluding hydrogens is 278 g/mol. The second-order valence-electron chi connectivity index (χ2n) is 4.09. The number of hydrogen-bond donors (Lipinski definition) is 1. The van der Waals surface area contributed by atoms with Crippen LogP contribution in [-0.2, 0) is 0 Å². The molecule has 0 saturated heterocycles. The molecule has 0 spiro atoms. The van der Waals surface area contributed by atoms with Crippen LogP contribution in [0.5, 0.6) is 0 Å². The number of rotatable bonds is 3. The van der Waals surface area contributed by atoms with Gasteiger partial charge in [0.1, 0.15) is 12.4 Å². The number of aromatic carboxylic acids is 1. The highest BCUT2D eigenvalue weighted by Crippen LogP contribution is 2.20. The molecule has 3 rings (SSSR count). The summed E-state index contributed by atoms with van der Waals surface area (Å²) in [7, 11) is 0. The van der Waals surface area contributed by atoms with Crippen molar-refractivity contribution in [3.8, 4) is 5.82 Å². The van der Waals surface area contributed by atoms with Crippen molar-refractivity contribution >= 4 is 22.6 Å². The molecule has 2 aromatic heterocycles. The molecule has 0 saturated carbocycles. The van der Waals surface area contributed by atoms with Gasteiger partial charge in [0.15, 0.2) is 5.82 Å². The molecule has 0 aliphatic carbocycles. The Kier molecular flexibility index (Phi) is 2.79. The van der Waals surface area contributed by atoms with Gasteiger partial charge < -0.3 is 5.11 Å². The molecule has 0 unspecified atom stereocenters. The van der Waals surface area contributed by atoms with E-state index in [1.54, 1.807) is 24.3 Å². The second-order valence-corrected chi connectivity index (χ2v) is 4.09. The molecule has 0 atom stereocenters. The molecule has 0 bridgehead atoms. The average molecular weight is 285 g/mol. The number of para-hydroxylation sites is 1. The van der Waals surface area contributed by atoms with Crippen LogP contribution in [0.3, 0.4) is 0 Å². The SMILES string of the molecule is O=C(O)c1nc(-n2cc([N+](=O)[O-])cn2)c2ccccc2n1. The highest BCUT2D eigenvalue weighted by Gasteiger charge is 2.17. The Morgan fingerprint density at radius 1 is 1.29 bits per heavy atom. The van der Waals surface area contributed by atoms with E-state index in [2.05, 4.69) is 15.1 Å². The fraction of sp³-hybridized carbons (Fsp3) is 0. The van der Waals surface area contributed by atoms with Crippen molar-refractivity contribution in [3.63, 3.8) is 0 Å². The van der Waals surface area contributed by atoms with Gasteiger partial charge >= 0.3 is 11.7 Å². The van der Waals surface area contributed by atoms with E-state index in [0.717, 1.165) is 10.9 Å². The number of benzene rings is 1. The lowest BCUT2D eigenvalue weighted by Crippen LogP contribution is -2.09. The lowest BCUT2D eigenvalue weighted by Gasteiger charge is -2.05. The van der Waals surface area contributed by atoms with E-state index < -0.39 is 16.7 Å². The molecule has 21 heavy (non-hydrogen) atoms. The lowest BCUT2D eigenvalue weighted by atomic mass is 10.2. The Bertz CT molecular complexity index is 873. The monoisotopic (exact) mass is 285 g/mol. The molecule has 0 aliphatic heterocycles. The van der Waals surface area contributed by atoms with E-state index in [-0.39, 0.29) is 11.5 Å². The van der Waals surface area contributed by atoms with Gasteiger partial charge in [-0.3, -0.25) is 10.1 Å². The first kappa shape index (κ1) is 12.7. The highest BCUT2D eigenvalue weighted by atomic mass is 16.6. The largest absolute Gasteiger partial charge is 0.475 e. The highest BCUT2D eigenvalue weighted by molar-refractivity contribution is 5.91. The molecule has 3 aromatic rings. The first-order valence-electron chi connectivity index (χ1n) is 5.76. The number of carboxylic acid groups (broad SMARTS) is 1. The maximum absolute atomic E-state index is 11.1. The van der Waals surface area contributed by atoms with E-state index in [1.165, 1.54) is 6.20 Å². The normalized spacial score (nSPS) is 10.7. The first-order valence-corrected chi connectivity index (χ1v) is 5.76. The minimum absolute atomic E-state index is 0.172. The zero-order valence-corrected chi connectivity index (χ0v) is 10.4. The summed E-state index contributed by atoms with van der Waals surface area (Å²) in [5.41, 5.74) is 0.202. The van der Waals surface area contributed by atoms with Crippen molar-refractivity contribution in [2.45, 2.75) is 0 Å². The summed E-state index contributed by atoms with van der Waals surface area (Å²) in [5, 5.41) is 24.1. The van der Waals surface area contributed by atoms with Crippen molar-refractivity contribution in [1.82, 2.24) is 19.7 Å². The van der Waals surface area contributed by atoms with Crippen LogP contribution in [0.25, 0.3) is 16.7 Å². The van der Waals surface area contributed by atoms with Crippen LogP contribution in [0.2, 0.25) is 0 Å². The average Bonchev–Trinajstić information content (AvgIpc) is 2.96. The Hall–Kier alpha value is -3.36. The summed E-state index contributed by atoms with van der Waals surface area (Å²) in [6.45, 7) is 0. The van der Waals surface area contributed by atoms with Crippen LogP contribution in [-0.4, -0.2) is 35.7 Å². The molecule has 104 valence electrons. The van der Waals surface area contributed by atoms with Crippen LogP contribution in [0.15, 0.2) is 36.7 Å². The Labute approximate surface area is 116 Å². The molecule has 0 radical (unpaired) electrons. The minimum atomic E-state index is -1.29. The molecule has 1 N–H and O–H groups in total. The molecule has 0 amide bonds. The predicted molar refractivity (Wildman–Crippen MR) is 70.3 cm³/mol. The van der Waals surface area contributed by atoms with Gasteiger partial charge in [-0.2, -0.15) is 5.10 Å². The van der Waals surface area contributed by atoms with Crippen molar-refractivity contribution < 1.29 is 14.8 Å². The second kappa shape index (κ2) is 4.63. The Balaban J connectivity index is 2.28. The van der Waals surface area contributed by atoms with Crippen LogP contribution >= 0.6 is 0 Å². The van der Waals surface area contributed by atoms with Crippen molar-refractivity contribution in [3.05, 3.63) is 52.6 Å². The van der Waals surface area contributed by atoms with Gasteiger partial charge in [0, 0.05) is 5.39 Å². The minimum Gasteiger partial charge on any atom is -0.475 e. The summed E-state index contributed by atoms with van der Waals surface area (Å²) >= 11 is 0. The van der Waals surface area contributed by atoms with Crippen molar-refractivity contribution in [1.29, 1.82) is 0 Å². The fourth-order valence-corrected chi connectivity index (χ4v) is 1.85. The van der Waals surface area contributed by atoms with E-state index in [9.17, 15) is 14.9 Å².